The second kappa shape index (κ2) is 12.6. The van der Waals surface area contributed by atoms with E-state index >= 15 is 0 Å². The second-order valence-corrected chi connectivity index (χ2v) is 11.8. The van der Waals surface area contributed by atoms with Crippen LogP contribution in [0.2, 0.25) is 5.02 Å². The molecule has 0 radical (unpaired) electrons. The Hall–Kier alpha value is -3.41. The second-order valence-electron chi connectivity index (χ2n) is 9.16. The number of benzene rings is 3. The fourth-order valence-corrected chi connectivity index (χ4v) is 6.55. The van der Waals surface area contributed by atoms with Crippen molar-refractivity contribution in [3.8, 4) is 11.5 Å². The first-order valence-corrected chi connectivity index (χ1v) is 15.1. The van der Waals surface area contributed by atoms with Crippen molar-refractivity contribution >= 4 is 57.6 Å². The van der Waals surface area contributed by atoms with Crippen LogP contribution in [0.5, 0.6) is 11.5 Å². The lowest BCUT2D eigenvalue weighted by Crippen LogP contribution is -2.39. The van der Waals surface area contributed by atoms with Crippen LogP contribution in [0.15, 0.2) is 87.8 Å². The molecule has 3 aromatic carbocycles. The van der Waals surface area contributed by atoms with Gasteiger partial charge in [-0.15, -0.1) is 0 Å². The number of hydrogen-bond donors (Lipinski definition) is 0. The quantitative estimate of drug-likeness (QED) is 0.176. The van der Waals surface area contributed by atoms with Crippen LogP contribution in [0.25, 0.3) is 6.08 Å². The van der Waals surface area contributed by atoms with Crippen LogP contribution in [-0.2, 0) is 16.1 Å². The first-order valence-electron chi connectivity index (χ1n) is 12.8. The van der Waals surface area contributed by atoms with Gasteiger partial charge in [0.2, 0.25) is 0 Å². The van der Waals surface area contributed by atoms with Gasteiger partial charge < -0.3 is 14.2 Å². The lowest BCUT2D eigenvalue weighted by Gasteiger charge is -2.24. The van der Waals surface area contributed by atoms with E-state index in [2.05, 4.69) is 27.6 Å². The molecule has 0 amide bonds. The third-order valence-electron chi connectivity index (χ3n) is 6.48. The van der Waals surface area contributed by atoms with Crippen LogP contribution in [-0.4, -0.2) is 24.3 Å². The van der Waals surface area contributed by atoms with Crippen LogP contribution >= 0.6 is 45.5 Å². The number of hydrogen-bond acceptors (Lipinski definition) is 7. The van der Waals surface area contributed by atoms with Crippen molar-refractivity contribution in [2.24, 2.45) is 4.99 Å². The molecule has 0 saturated heterocycles. The summed E-state index contributed by atoms with van der Waals surface area (Å²) in [5.41, 5.74) is 3.12. The number of esters is 1. The highest BCUT2D eigenvalue weighted by molar-refractivity contribution is 14.1. The molecule has 1 aromatic heterocycles. The zero-order chi connectivity index (χ0) is 29.1. The van der Waals surface area contributed by atoms with E-state index in [1.165, 1.54) is 11.3 Å². The van der Waals surface area contributed by atoms with E-state index in [1.807, 2.05) is 54.6 Å². The normalized spacial score (nSPS) is 14.9. The SMILES string of the molecule is CCOC(=O)C1=C(C)N=c2s/c(=C\c3cc(I)c(OCc4ccccc4)c(OC)c3)c(=O)n2[C@@H]1c1ccc(Cl)cc1. The standard InChI is InChI=1S/C31H26ClIN2O5S/c1-4-39-30(37)26-18(2)34-31-35(27(26)21-10-12-22(32)13-11-21)29(36)25(41-31)16-20-14-23(33)28(24(15-20)38-3)40-17-19-8-6-5-7-9-19/h5-16,27H,4,17H2,1-3H3/b25-16-/t27-/m1/s1. The van der Waals surface area contributed by atoms with Gasteiger partial charge in [0.05, 0.1) is 39.1 Å². The molecule has 5 rings (SSSR count). The first kappa shape index (κ1) is 29.1. The van der Waals surface area contributed by atoms with Gasteiger partial charge in [0.1, 0.15) is 6.61 Å². The molecule has 7 nitrogen and oxygen atoms in total. The van der Waals surface area contributed by atoms with Crippen molar-refractivity contribution in [3.05, 3.63) is 123 Å². The zero-order valence-corrected chi connectivity index (χ0v) is 26.2. The number of aromatic nitrogens is 1. The summed E-state index contributed by atoms with van der Waals surface area (Å²) in [7, 11) is 1.59. The van der Waals surface area contributed by atoms with Gasteiger partial charge in [0.25, 0.3) is 5.56 Å². The molecule has 1 aliphatic rings. The average Bonchev–Trinajstić information content (AvgIpc) is 3.26. The average molecular weight is 701 g/mol. The van der Waals surface area contributed by atoms with E-state index in [0.717, 1.165) is 20.3 Å². The lowest BCUT2D eigenvalue weighted by molar-refractivity contribution is -0.139. The Bertz CT molecular complexity index is 1810. The third-order valence-corrected chi connectivity index (χ3v) is 8.51. The molecule has 0 saturated carbocycles. The number of rotatable bonds is 8. The largest absolute Gasteiger partial charge is 0.493 e. The maximum atomic E-state index is 13.9. The number of nitrogens with zero attached hydrogens (tertiary/aromatic N) is 2. The van der Waals surface area contributed by atoms with E-state index < -0.39 is 12.0 Å². The fourth-order valence-electron chi connectivity index (χ4n) is 4.60. The summed E-state index contributed by atoms with van der Waals surface area (Å²) in [6, 6.07) is 20.1. The van der Waals surface area contributed by atoms with E-state index in [4.69, 9.17) is 25.8 Å². The Morgan fingerprint density at radius 1 is 1.15 bits per heavy atom. The Kier molecular flexibility index (Phi) is 8.96. The third kappa shape index (κ3) is 6.12. The molecule has 10 heteroatoms. The van der Waals surface area contributed by atoms with E-state index in [0.29, 0.717) is 43.7 Å². The van der Waals surface area contributed by atoms with Crippen LogP contribution < -0.4 is 24.4 Å². The number of halogens is 2. The van der Waals surface area contributed by atoms with E-state index in [1.54, 1.807) is 43.7 Å². The van der Waals surface area contributed by atoms with Gasteiger partial charge >= 0.3 is 5.97 Å². The molecule has 210 valence electrons. The molecule has 1 atom stereocenters. The molecule has 0 N–H and O–H groups in total. The van der Waals surface area contributed by atoms with Gasteiger partial charge in [0.15, 0.2) is 16.3 Å². The molecule has 0 spiro atoms. The lowest BCUT2D eigenvalue weighted by atomic mass is 9.96. The maximum Gasteiger partial charge on any atom is 0.338 e. The summed E-state index contributed by atoms with van der Waals surface area (Å²) >= 11 is 9.61. The number of thiazole rings is 1. The maximum absolute atomic E-state index is 13.9. The number of carbonyl (C=O) groups excluding carboxylic acids is 1. The topological polar surface area (TPSA) is 79.1 Å². The van der Waals surface area contributed by atoms with Crippen molar-refractivity contribution in [2.45, 2.75) is 26.5 Å². The van der Waals surface area contributed by atoms with Gasteiger partial charge in [-0.25, -0.2) is 9.79 Å². The molecule has 0 bridgehead atoms. The number of carbonyl (C=O) groups is 1. The highest BCUT2D eigenvalue weighted by Crippen LogP contribution is 2.35. The highest BCUT2D eigenvalue weighted by Gasteiger charge is 2.33. The molecular weight excluding hydrogens is 675 g/mol. The fraction of sp³-hybridized carbons (Fsp3) is 0.194. The minimum Gasteiger partial charge on any atom is -0.493 e. The van der Waals surface area contributed by atoms with Gasteiger partial charge in [0, 0.05) is 5.02 Å². The van der Waals surface area contributed by atoms with Gasteiger partial charge in [-0.2, -0.15) is 0 Å². The van der Waals surface area contributed by atoms with Crippen LogP contribution in [0.1, 0.15) is 36.6 Å². The highest BCUT2D eigenvalue weighted by atomic mass is 127. The summed E-state index contributed by atoms with van der Waals surface area (Å²) < 4.78 is 20.0. The Morgan fingerprint density at radius 2 is 1.88 bits per heavy atom. The molecule has 1 aliphatic heterocycles. The van der Waals surface area contributed by atoms with Crippen molar-refractivity contribution in [3.63, 3.8) is 0 Å². The molecule has 41 heavy (non-hydrogen) atoms. The van der Waals surface area contributed by atoms with Crippen molar-refractivity contribution < 1.29 is 19.0 Å². The molecule has 0 fully saturated rings. The van der Waals surface area contributed by atoms with Crippen LogP contribution in [0.4, 0.5) is 0 Å². The van der Waals surface area contributed by atoms with Crippen molar-refractivity contribution in [1.82, 2.24) is 4.57 Å². The number of allylic oxidation sites excluding steroid dienone is 1. The summed E-state index contributed by atoms with van der Waals surface area (Å²) in [5, 5.41) is 0.555. The van der Waals surface area contributed by atoms with Gasteiger partial charge in [-0.05, 0) is 83.5 Å². The predicted octanol–water partition coefficient (Wildman–Crippen LogP) is 5.64. The molecule has 2 heterocycles. The van der Waals surface area contributed by atoms with E-state index in [-0.39, 0.29) is 12.2 Å². The van der Waals surface area contributed by atoms with E-state index in [9.17, 15) is 9.59 Å². The molecule has 0 aliphatic carbocycles. The minimum atomic E-state index is -0.701. The summed E-state index contributed by atoms with van der Waals surface area (Å²) in [5.74, 6) is 0.688. The first-order chi connectivity index (χ1) is 19.8. The number of methoxy groups -OCH3 is 1. The van der Waals surface area contributed by atoms with Crippen molar-refractivity contribution in [1.29, 1.82) is 0 Å². The smallest absolute Gasteiger partial charge is 0.338 e. The predicted molar refractivity (Wildman–Crippen MR) is 168 cm³/mol. The number of fused-ring (bicyclic) bond motifs is 1. The molecule has 0 unspecified atom stereocenters. The monoisotopic (exact) mass is 700 g/mol. The Morgan fingerprint density at radius 3 is 2.56 bits per heavy atom. The summed E-state index contributed by atoms with van der Waals surface area (Å²) in [6.07, 6.45) is 1.80. The van der Waals surface area contributed by atoms with Crippen LogP contribution in [0.3, 0.4) is 0 Å². The van der Waals surface area contributed by atoms with Gasteiger partial charge in [-0.1, -0.05) is 65.4 Å². The van der Waals surface area contributed by atoms with Gasteiger partial charge in [-0.3, -0.25) is 9.36 Å². The Balaban J connectivity index is 1.58. The number of ether oxygens (including phenoxy) is 3. The molecule has 4 aromatic rings. The van der Waals surface area contributed by atoms with Crippen LogP contribution in [0, 0.1) is 3.57 Å². The zero-order valence-electron chi connectivity index (χ0n) is 22.5. The van der Waals surface area contributed by atoms with Crippen molar-refractivity contribution in [2.75, 3.05) is 13.7 Å². The molecular formula is C31H26ClIN2O5S. The summed E-state index contributed by atoms with van der Waals surface area (Å²) in [4.78, 5) is 32.1. The minimum absolute atomic E-state index is 0.207. The Labute approximate surface area is 259 Å². The summed E-state index contributed by atoms with van der Waals surface area (Å²) in [6.45, 7) is 4.11.